The molecular weight excluding hydrogens is 306 g/mol. The van der Waals surface area contributed by atoms with E-state index in [-0.39, 0.29) is 16.1 Å². The number of hydrogen-bond donors (Lipinski definition) is 2. The summed E-state index contributed by atoms with van der Waals surface area (Å²) in [5.74, 6) is -0.903. The zero-order valence-corrected chi connectivity index (χ0v) is 12.7. The molecule has 1 heterocycles. The third kappa shape index (κ3) is 2.14. The number of rotatable bonds is 2. The van der Waals surface area contributed by atoms with Crippen LogP contribution in [0.25, 0.3) is 0 Å². The van der Waals surface area contributed by atoms with Crippen LogP contribution in [0.4, 0.5) is 4.79 Å². The Balaban J connectivity index is 2.07. The van der Waals surface area contributed by atoms with E-state index >= 15 is 0 Å². The number of nitrogens with one attached hydrogen (secondary N) is 1. The van der Waals surface area contributed by atoms with Crippen molar-refractivity contribution in [1.29, 1.82) is 0 Å². The Bertz CT molecular complexity index is 668. The summed E-state index contributed by atoms with van der Waals surface area (Å²) in [5, 5.41) is 2.87. The first-order valence-electron chi connectivity index (χ1n) is 7.21. The van der Waals surface area contributed by atoms with Gasteiger partial charge in [0.2, 0.25) is 0 Å². The smallest absolute Gasteiger partial charge is 0.314 e. The molecule has 22 heavy (non-hydrogen) atoms. The van der Waals surface area contributed by atoms with Crippen molar-refractivity contribution in [1.82, 2.24) is 10.2 Å². The summed E-state index contributed by atoms with van der Waals surface area (Å²) in [4.78, 5) is 38.0. The molecule has 0 aromatic heterocycles. The van der Waals surface area contributed by atoms with Crippen LogP contribution in [0.15, 0.2) is 18.2 Å². The molecule has 0 radical (unpaired) electrons. The number of carbonyl (C=O) groups excluding carboxylic acids is 3. The highest BCUT2D eigenvalue weighted by atomic mass is 35.5. The van der Waals surface area contributed by atoms with Crippen molar-refractivity contribution >= 4 is 29.4 Å². The molecule has 4 amide bonds. The second-order valence-corrected chi connectivity index (χ2v) is 6.10. The van der Waals surface area contributed by atoms with Gasteiger partial charge in [-0.2, -0.15) is 0 Å². The lowest BCUT2D eigenvalue weighted by Gasteiger charge is -2.43. The van der Waals surface area contributed by atoms with Crippen molar-refractivity contribution < 1.29 is 14.4 Å². The van der Waals surface area contributed by atoms with Gasteiger partial charge < -0.3 is 11.1 Å². The maximum Gasteiger partial charge on any atom is 0.314 e. The Morgan fingerprint density at radius 1 is 1.18 bits per heavy atom. The van der Waals surface area contributed by atoms with Gasteiger partial charge in [-0.1, -0.05) is 24.1 Å². The molecule has 0 spiro atoms. The van der Waals surface area contributed by atoms with Gasteiger partial charge in [-0.3, -0.25) is 14.5 Å². The number of nitrogens with zero attached hydrogens (tertiary/aromatic N) is 1. The van der Waals surface area contributed by atoms with Crippen molar-refractivity contribution in [3.63, 3.8) is 0 Å². The van der Waals surface area contributed by atoms with Crippen LogP contribution in [0.3, 0.4) is 0 Å². The highest BCUT2D eigenvalue weighted by Gasteiger charge is 2.50. The molecule has 116 valence electrons. The standard InChI is InChI=1S/C15H16ClN3O3/c16-10-6-4-5-9-11(10)13(21)19(12(9)20)15(18-14(17)22)7-2-1-3-8-15/h4-6H,1-3,7-8H2,(H3,17,18,22). The van der Waals surface area contributed by atoms with Crippen LogP contribution < -0.4 is 11.1 Å². The Hall–Kier alpha value is -2.08. The van der Waals surface area contributed by atoms with E-state index in [4.69, 9.17) is 17.3 Å². The number of urea groups is 1. The van der Waals surface area contributed by atoms with Gasteiger partial charge in [-0.05, 0) is 37.8 Å². The highest BCUT2D eigenvalue weighted by Crippen LogP contribution is 2.39. The molecule has 1 aromatic carbocycles. The molecule has 0 bridgehead atoms. The number of imide groups is 1. The quantitative estimate of drug-likeness (QED) is 0.818. The fourth-order valence-corrected chi connectivity index (χ4v) is 3.66. The minimum absolute atomic E-state index is 0.199. The monoisotopic (exact) mass is 321 g/mol. The fraction of sp³-hybridized carbons (Fsp3) is 0.400. The lowest BCUT2D eigenvalue weighted by atomic mass is 9.87. The van der Waals surface area contributed by atoms with Gasteiger partial charge in [0.25, 0.3) is 11.8 Å². The van der Waals surface area contributed by atoms with Crippen LogP contribution in [0, 0.1) is 0 Å². The van der Waals surface area contributed by atoms with E-state index in [0.717, 1.165) is 24.2 Å². The predicted molar refractivity (Wildman–Crippen MR) is 80.5 cm³/mol. The van der Waals surface area contributed by atoms with Crippen molar-refractivity contribution in [3.05, 3.63) is 34.3 Å². The molecule has 1 fully saturated rings. The first kappa shape index (κ1) is 14.8. The normalized spacial score (nSPS) is 20.0. The third-order valence-corrected chi connectivity index (χ3v) is 4.64. The average Bonchev–Trinajstić information content (AvgIpc) is 2.72. The van der Waals surface area contributed by atoms with Crippen LogP contribution in [-0.4, -0.2) is 28.4 Å². The van der Waals surface area contributed by atoms with Crippen LogP contribution >= 0.6 is 11.6 Å². The van der Waals surface area contributed by atoms with Gasteiger partial charge in [-0.25, -0.2) is 4.79 Å². The highest BCUT2D eigenvalue weighted by molar-refractivity contribution is 6.37. The van der Waals surface area contributed by atoms with Crippen LogP contribution in [0.1, 0.15) is 52.8 Å². The summed E-state index contributed by atoms with van der Waals surface area (Å²) in [6.45, 7) is 0. The van der Waals surface area contributed by atoms with E-state index in [0.29, 0.717) is 12.8 Å². The molecule has 1 aromatic rings. The minimum atomic E-state index is -1.05. The third-order valence-electron chi connectivity index (χ3n) is 4.33. The van der Waals surface area contributed by atoms with E-state index in [9.17, 15) is 14.4 Å². The van der Waals surface area contributed by atoms with Gasteiger partial charge in [0.15, 0.2) is 0 Å². The fourth-order valence-electron chi connectivity index (χ4n) is 3.40. The Kier molecular flexibility index (Phi) is 3.56. The lowest BCUT2D eigenvalue weighted by Crippen LogP contribution is -2.64. The number of nitrogens with two attached hydrogens (primary N) is 1. The Morgan fingerprint density at radius 2 is 1.86 bits per heavy atom. The minimum Gasteiger partial charge on any atom is -0.352 e. The predicted octanol–water partition coefficient (Wildman–Crippen LogP) is 2.26. The van der Waals surface area contributed by atoms with E-state index in [1.807, 2.05) is 0 Å². The molecule has 1 aliphatic carbocycles. The molecule has 3 rings (SSSR count). The topological polar surface area (TPSA) is 92.5 Å². The Labute approximate surface area is 132 Å². The SMILES string of the molecule is NC(=O)NC1(N2C(=O)c3cccc(Cl)c3C2=O)CCCCC1. The number of amides is 4. The van der Waals surface area contributed by atoms with Gasteiger partial charge in [0.05, 0.1) is 16.1 Å². The molecule has 7 heteroatoms. The molecule has 3 N–H and O–H groups in total. The summed E-state index contributed by atoms with van der Waals surface area (Å²) < 4.78 is 0. The second-order valence-electron chi connectivity index (χ2n) is 5.69. The molecule has 2 aliphatic rings. The van der Waals surface area contributed by atoms with E-state index in [1.54, 1.807) is 18.2 Å². The zero-order valence-electron chi connectivity index (χ0n) is 11.9. The summed E-state index contributed by atoms with van der Waals surface area (Å²) in [6, 6.07) is 4.03. The maximum absolute atomic E-state index is 12.7. The van der Waals surface area contributed by atoms with Crippen LogP contribution in [-0.2, 0) is 0 Å². The summed E-state index contributed by atoms with van der Waals surface area (Å²) >= 11 is 6.07. The van der Waals surface area contributed by atoms with E-state index in [1.165, 1.54) is 0 Å². The van der Waals surface area contributed by atoms with E-state index < -0.39 is 23.5 Å². The molecule has 1 saturated carbocycles. The van der Waals surface area contributed by atoms with Gasteiger partial charge >= 0.3 is 6.03 Å². The first-order chi connectivity index (χ1) is 10.5. The number of primary amides is 1. The summed E-state index contributed by atoms with van der Waals surface area (Å²) in [5.41, 5.74) is 4.69. The molecule has 0 saturated heterocycles. The first-order valence-corrected chi connectivity index (χ1v) is 7.59. The van der Waals surface area contributed by atoms with Crippen LogP contribution in [0.5, 0.6) is 0 Å². The molecular formula is C15H16ClN3O3. The number of carbonyl (C=O) groups is 3. The molecule has 6 nitrogen and oxygen atoms in total. The zero-order chi connectivity index (χ0) is 15.9. The van der Waals surface area contributed by atoms with Crippen molar-refractivity contribution in [2.75, 3.05) is 0 Å². The van der Waals surface area contributed by atoms with Gasteiger partial charge in [-0.15, -0.1) is 0 Å². The number of hydrogen-bond acceptors (Lipinski definition) is 3. The number of fused-ring (bicyclic) bond motifs is 1. The average molecular weight is 322 g/mol. The van der Waals surface area contributed by atoms with Crippen LogP contribution in [0.2, 0.25) is 5.02 Å². The molecule has 1 aliphatic heterocycles. The molecule has 0 unspecified atom stereocenters. The largest absolute Gasteiger partial charge is 0.352 e. The second kappa shape index (κ2) is 5.28. The summed E-state index contributed by atoms with van der Waals surface area (Å²) in [6.07, 6.45) is 3.60. The lowest BCUT2D eigenvalue weighted by molar-refractivity contribution is 0.0258. The van der Waals surface area contributed by atoms with Crippen molar-refractivity contribution in [2.45, 2.75) is 37.8 Å². The molecule has 0 atom stereocenters. The van der Waals surface area contributed by atoms with Gasteiger partial charge in [0.1, 0.15) is 5.66 Å². The van der Waals surface area contributed by atoms with Crippen molar-refractivity contribution in [2.24, 2.45) is 5.73 Å². The Morgan fingerprint density at radius 3 is 2.45 bits per heavy atom. The van der Waals surface area contributed by atoms with E-state index in [2.05, 4.69) is 5.32 Å². The van der Waals surface area contributed by atoms with Gasteiger partial charge in [0, 0.05) is 0 Å². The maximum atomic E-state index is 12.7. The summed E-state index contributed by atoms with van der Waals surface area (Å²) in [7, 11) is 0. The van der Waals surface area contributed by atoms with Crippen molar-refractivity contribution in [3.8, 4) is 0 Å². The number of benzene rings is 1. The number of halogens is 1.